The monoisotopic (exact) mass is 295 g/mol. The smallest absolute Gasteiger partial charge is 0.149 e. The van der Waals surface area contributed by atoms with Gasteiger partial charge in [0.25, 0.3) is 0 Å². The summed E-state index contributed by atoms with van der Waals surface area (Å²) in [5, 5.41) is 4.08. The number of halogens is 1. The SMILES string of the molecule is CCn1ncc(Br)c1C(N)CS(C)(=O)=O. The minimum atomic E-state index is -3.08. The molecule has 15 heavy (non-hydrogen) atoms. The molecule has 0 bridgehead atoms. The molecule has 0 aliphatic heterocycles. The van der Waals surface area contributed by atoms with Crippen LogP contribution in [0.15, 0.2) is 10.7 Å². The Hall–Kier alpha value is -0.400. The van der Waals surface area contributed by atoms with Gasteiger partial charge in [-0.05, 0) is 22.9 Å². The predicted molar refractivity (Wildman–Crippen MR) is 62.2 cm³/mol. The normalized spacial score (nSPS) is 14.1. The van der Waals surface area contributed by atoms with Crippen LogP contribution in [0.5, 0.6) is 0 Å². The van der Waals surface area contributed by atoms with Gasteiger partial charge in [0, 0.05) is 12.8 Å². The Morgan fingerprint density at radius 3 is 2.73 bits per heavy atom. The molecule has 86 valence electrons. The van der Waals surface area contributed by atoms with Crippen molar-refractivity contribution in [1.82, 2.24) is 9.78 Å². The topological polar surface area (TPSA) is 78.0 Å². The first-order chi connectivity index (χ1) is 6.85. The van der Waals surface area contributed by atoms with Crippen LogP contribution in [0.25, 0.3) is 0 Å². The molecule has 7 heteroatoms. The van der Waals surface area contributed by atoms with Crippen LogP contribution < -0.4 is 5.73 Å². The number of hydrogen-bond donors (Lipinski definition) is 1. The first kappa shape index (κ1) is 12.7. The van der Waals surface area contributed by atoms with E-state index in [-0.39, 0.29) is 5.75 Å². The lowest BCUT2D eigenvalue weighted by Crippen LogP contribution is -2.24. The molecule has 1 aromatic rings. The Kier molecular flexibility index (Phi) is 3.91. The summed E-state index contributed by atoms with van der Waals surface area (Å²) in [7, 11) is -3.08. The zero-order chi connectivity index (χ0) is 11.6. The fourth-order valence-corrected chi connectivity index (χ4v) is 2.80. The van der Waals surface area contributed by atoms with Crippen molar-refractivity contribution in [3.8, 4) is 0 Å². The molecule has 1 rings (SSSR count). The van der Waals surface area contributed by atoms with E-state index < -0.39 is 15.9 Å². The highest BCUT2D eigenvalue weighted by atomic mass is 79.9. The van der Waals surface area contributed by atoms with Crippen molar-refractivity contribution in [2.75, 3.05) is 12.0 Å². The molecule has 0 radical (unpaired) electrons. The van der Waals surface area contributed by atoms with Crippen LogP contribution in [0.4, 0.5) is 0 Å². The second kappa shape index (κ2) is 4.63. The average Bonchev–Trinajstić information content (AvgIpc) is 2.43. The number of aryl methyl sites for hydroxylation is 1. The van der Waals surface area contributed by atoms with Crippen LogP contribution in [-0.4, -0.2) is 30.2 Å². The van der Waals surface area contributed by atoms with E-state index in [1.165, 1.54) is 6.26 Å². The molecule has 2 N–H and O–H groups in total. The maximum absolute atomic E-state index is 11.1. The summed E-state index contributed by atoms with van der Waals surface area (Å²) >= 11 is 3.31. The zero-order valence-corrected chi connectivity index (χ0v) is 11.0. The van der Waals surface area contributed by atoms with E-state index in [4.69, 9.17) is 5.73 Å². The molecule has 0 aliphatic carbocycles. The summed E-state index contributed by atoms with van der Waals surface area (Å²) in [5.41, 5.74) is 6.56. The van der Waals surface area contributed by atoms with Gasteiger partial charge >= 0.3 is 0 Å². The molecule has 0 saturated carbocycles. The molecule has 1 heterocycles. The molecule has 1 aromatic heterocycles. The molecule has 0 saturated heterocycles. The van der Waals surface area contributed by atoms with Gasteiger partial charge in [-0.3, -0.25) is 4.68 Å². The molecular formula is C8H14BrN3O2S. The lowest BCUT2D eigenvalue weighted by Gasteiger charge is -2.12. The third kappa shape index (κ3) is 3.29. The summed E-state index contributed by atoms with van der Waals surface area (Å²) in [5.74, 6) is -0.0721. The van der Waals surface area contributed by atoms with Crippen molar-refractivity contribution in [2.24, 2.45) is 5.73 Å². The zero-order valence-electron chi connectivity index (χ0n) is 8.64. The third-order valence-electron chi connectivity index (χ3n) is 1.97. The summed E-state index contributed by atoms with van der Waals surface area (Å²) < 4.78 is 24.7. The summed E-state index contributed by atoms with van der Waals surface area (Å²) in [4.78, 5) is 0. The van der Waals surface area contributed by atoms with Gasteiger partial charge in [0.15, 0.2) is 0 Å². The van der Waals surface area contributed by atoms with Gasteiger partial charge in [0.2, 0.25) is 0 Å². The molecule has 1 atom stereocenters. The Labute approximate surface area is 97.7 Å². The highest BCUT2D eigenvalue weighted by molar-refractivity contribution is 9.10. The molecule has 0 spiro atoms. The molecule has 0 amide bonds. The van der Waals surface area contributed by atoms with Gasteiger partial charge in [0.1, 0.15) is 9.84 Å². The van der Waals surface area contributed by atoms with E-state index in [0.29, 0.717) is 6.54 Å². The first-order valence-electron chi connectivity index (χ1n) is 4.49. The molecule has 0 fully saturated rings. The minimum absolute atomic E-state index is 0.0721. The second-order valence-electron chi connectivity index (χ2n) is 3.39. The second-order valence-corrected chi connectivity index (χ2v) is 6.43. The van der Waals surface area contributed by atoms with Gasteiger partial charge in [-0.25, -0.2) is 8.42 Å². The van der Waals surface area contributed by atoms with Crippen molar-refractivity contribution < 1.29 is 8.42 Å². The third-order valence-corrected chi connectivity index (χ3v) is 3.54. The molecule has 5 nitrogen and oxygen atoms in total. The Bertz CT molecular complexity index is 441. The minimum Gasteiger partial charge on any atom is -0.322 e. The summed E-state index contributed by atoms with van der Waals surface area (Å²) in [6.45, 7) is 2.59. The maximum Gasteiger partial charge on any atom is 0.149 e. The van der Waals surface area contributed by atoms with E-state index >= 15 is 0 Å². The number of nitrogens with zero attached hydrogens (tertiary/aromatic N) is 2. The van der Waals surface area contributed by atoms with Crippen LogP contribution in [0.1, 0.15) is 18.7 Å². The maximum atomic E-state index is 11.1. The van der Waals surface area contributed by atoms with Gasteiger partial charge in [-0.1, -0.05) is 0 Å². The standard InChI is InChI=1S/C8H14BrN3O2S/c1-3-12-8(6(9)4-11-12)7(10)5-15(2,13)14/h4,7H,3,5,10H2,1-2H3. The number of nitrogens with two attached hydrogens (primary N) is 1. The Morgan fingerprint density at radius 2 is 2.27 bits per heavy atom. The summed E-state index contributed by atoms with van der Waals surface area (Å²) in [6, 6.07) is -0.545. The quantitative estimate of drug-likeness (QED) is 0.887. The van der Waals surface area contributed by atoms with Gasteiger partial charge in [-0.15, -0.1) is 0 Å². The largest absolute Gasteiger partial charge is 0.322 e. The summed E-state index contributed by atoms with van der Waals surface area (Å²) in [6.07, 6.45) is 2.80. The Morgan fingerprint density at radius 1 is 1.67 bits per heavy atom. The van der Waals surface area contributed by atoms with Crippen molar-refractivity contribution >= 4 is 25.8 Å². The van der Waals surface area contributed by atoms with Crippen LogP contribution in [0, 0.1) is 0 Å². The van der Waals surface area contributed by atoms with Crippen LogP contribution in [-0.2, 0) is 16.4 Å². The number of aromatic nitrogens is 2. The fourth-order valence-electron chi connectivity index (χ4n) is 1.40. The number of rotatable bonds is 4. The van der Waals surface area contributed by atoms with E-state index in [2.05, 4.69) is 21.0 Å². The van der Waals surface area contributed by atoms with E-state index in [0.717, 1.165) is 10.2 Å². The van der Waals surface area contributed by atoms with Crippen LogP contribution >= 0.6 is 15.9 Å². The van der Waals surface area contributed by atoms with Crippen LogP contribution in [0.2, 0.25) is 0 Å². The van der Waals surface area contributed by atoms with Gasteiger partial charge in [0.05, 0.1) is 28.2 Å². The first-order valence-corrected chi connectivity index (χ1v) is 7.35. The van der Waals surface area contributed by atoms with Gasteiger partial charge in [-0.2, -0.15) is 5.10 Å². The number of sulfone groups is 1. The molecule has 1 unspecified atom stereocenters. The van der Waals surface area contributed by atoms with Crippen molar-refractivity contribution in [3.63, 3.8) is 0 Å². The number of hydrogen-bond acceptors (Lipinski definition) is 4. The lowest BCUT2D eigenvalue weighted by atomic mass is 10.2. The van der Waals surface area contributed by atoms with Gasteiger partial charge < -0.3 is 5.73 Å². The molecular weight excluding hydrogens is 282 g/mol. The fraction of sp³-hybridized carbons (Fsp3) is 0.625. The van der Waals surface area contributed by atoms with Crippen molar-refractivity contribution in [2.45, 2.75) is 19.5 Å². The van der Waals surface area contributed by atoms with E-state index in [1.54, 1.807) is 10.9 Å². The van der Waals surface area contributed by atoms with Crippen molar-refractivity contribution in [1.29, 1.82) is 0 Å². The van der Waals surface area contributed by atoms with Crippen LogP contribution in [0.3, 0.4) is 0 Å². The highest BCUT2D eigenvalue weighted by Gasteiger charge is 2.19. The molecule has 0 aliphatic rings. The van der Waals surface area contributed by atoms with E-state index in [9.17, 15) is 8.42 Å². The lowest BCUT2D eigenvalue weighted by molar-refractivity contribution is 0.570. The average molecular weight is 296 g/mol. The van der Waals surface area contributed by atoms with Crippen molar-refractivity contribution in [3.05, 3.63) is 16.4 Å². The highest BCUT2D eigenvalue weighted by Crippen LogP contribution is 2.22. The molecule has 0 aromatic carbocycles. The predicted octanol–water partition coefficient (Wildman–Crippen LogP) is 0.710. The Balaban J connectivity index is 2.99. The van der Waals surface area contributed by atoms with E-state index in [1.807, 2.05) is 6.92 Å².